The number of aliphatic hydroxyl groups excluding tert-OH is 1. The van der Waals surface area contributed by atoms with E-state index in [1.165, 1.54) is 0 Å². The molecule has 1 unspecified atom stereocenters. The topological polar surface area (TPSA) is 41.5 Å². The Morgan fingerprint density at radius 3 is 2.35 bits per heavy atom. The molecule has 0 spiro atoms. The normalized spacial score (nSPS) is 11.9. The van der Waals surface area contributed by atoms with Gasteiger partial charge in [-0.05, 0) is 12.1 Å². The second-order valence-electron chi connectivity index (χ2n) is 3.66. The molecular weight excluding hydrogens is 214 g/mol. The Bertz CT molecular complexity index is 471. The highest BCUT2D eigenvalue weighted by Crippen LogP contribution is 2.26. The first kappa shape index (κ1) is 11.5. The molecule has 17 heavy (non-hydrogen) atoms. The third kappa shape index (κ3) is 2.77. The van der Waals surface area contributed by atoms with Gasteiger partial charge in [0.15, 0.2) is 6.23 Å². The molecule has 0 aliphatic carbocycles. The lowest BCUT2D eigenvalue weighted by Crippen LogP contribution is -2.10. The number of methoxy groups -OCH3 is 1. The maximum atomic E-state index is 10.0. The van der Waals surface area contributed by atoms with Crippen LogP contribution in [-0.4, -0.2) is 12.2 Å². The van der Waals surface area contributed by atoms with E-state index in [1.807, 2.05) is 54.6 Å². The van der Waals surface area contributed by atoms with Gasteiger partial charge in [0.25, 0.3) is 0 Å². The van der Waals surface area contributed by atoms with Crippen molar-refractivity contribution in [1.29, 1.82) is 0 Å². The summed E-state index contributed by atoms with van der Waals surface area (Å²) in [6.07, 6.45) is -0.743. The summed E-state index contributed by atoms with van der Waals surface area (Å²) >= 11 is 0. The lowest BCUT2D eigenvalue weighted by Gasteiger charge is -2.16. The van der Waals surface area contributed by atoms with Crippen LogP contribution in [0.1, 0.15) is 11.8 Å². The Labute approximate surface area is 101 Å². The molecule has 0 radical (unpaired) electrons. The third-order valence-corrected chi connectivity index (χ3v) is 2.51. The second-order valence-corrected chi connectivity index (χ2v) is 3.66. The van der Waals surface area contributed by atoms with Gasteiger partial charge in [-0.15, -0.1) is 0 Å². The van der Waals surface area contributed by atoms with Crippen molar-refractivity contribution in [2.24, 2.45) is 0 Å². The molecule has 88 valence electrons. The van der Waals surface area contributed by atoms with E-state index < -0.39 is 6.23 Å². The maximum Gasteiger partial charge on any atom is 0.150 e. The highest BCUT2D eigenvalue weighted by Gasteiger charge is 2.08. The van der Waals surface area contributed by atoms with Crippen molar-refractivity contribution in [3.63, 3.8) is 0 Å². The van der Waals surface area contributed by atoms with E-state index in [0.717, 1.165) is 11.3 Å². The Balaban J connectivity index is 2.16. The number of benzene rings is 2. The molecule has 0 amide bonds. The average molecular weight is 229 g/mol. The molecule has 3 heteroatoms. The zero-order valence-corrected chi connectivity index (χ0v) is 9.63. The molecule has 1 atom stereocenters. The van der Waals surface area contributed by atoms with Gasteiger partial charge < -0.3 is 15.2 Å². The molecule has 2 aromatic carbocycles. The highest BCUT2D eigenvalue weighted by molar-refractivity contribution is 5.56. The predicted octanol–water partition coefficient (Wildman–Crippen LogP) is 2.80. The van der Waals surface area contributed by atoms with E-state index >= 15 is 0 Å². The molecule has 0 bridgehead atoms. The molecule has 2 aromatic rings. The van der Waals surface area contributed by atoms with Gasteiger partial charge in [0.2, 0.25) is 0 Å². The van der Waals surface area contributed by atoms with Gasteiger partial charge >= 0.3 is 0 Å². The fourth-order valence-electron chi connectivity index (χ4n) is 1.63. The minimum Gasteiger partial charge on any atom is -0.495 e. The largest absolute Gasteiger partial charge is 0.495 e. The van der Waals surface area contributed by atoms with Crippen molar-refractivity contribution in [2.75, 3.05) is 12.4 Å². The second kappa shape index (κ2) is 5.37. The summed E-state index contributed by atoms with van der Waals surface area (Å²) in [5.41, 5.74) is 1.59. The van der Waals surface area contributed by atoms with E-state index in [1.54, 1.807) is 7.11 Å². The molecule has 0 saturated carbocycles. The summed E-state index contributed by atoms with van der Waals surface area (Å²) in [4.78, 5) is 0. The van der Waals surface area contributed by atoms with Gasteiger partial charge in [-0.3, -0.25) is 0 Å². The summed E-state index contributed by atoms with van der Waals surface area (Å²) in [5, 5.41) is 13.0. The number of ether oxygens (including phenoxy) is 1. The number of rotatable bonds is 4. The summed E-state index contributed by atoms with van der Waals surface area (Å²) in [6.45, 7) is 0. The summed E-state index contributed by atoms with van der Waals surface area (Å²) < 4.78 is 5.21. The van der Waals surface area contributed by atoms with Gasteiger partial charge in [0.05, 0.1) is 12.8 Å². The van der Waals surface area contributed by atoms with Crippen LogP contribution in [0.2, 0.25) is 0 Å². The SMILES string of the molecule is COc1ccccc1NC(O)c1ccccc1. The van der Waals surface area contributed by atoms with Crippen molar-refractivity contribution in [3.05, 3.63) is 60.2 Å². The van der Waals surface area contributed by atoms with Crippen LogP contribution in [-0.2, 0) is 0 Å². The first-order chi connectivity index (χ1) is 8.31. The third-order valence-electron chi connectivity index (χ3n) is 2.51. The predicted molar refractivity (Wildman–Crippen MR) is 68.0 cm³/mol. The summed E-state index contributed by atoms with van der Waals surface area (Å²) in [6, 6.07) is 16.9. The van der Waals surface area contributed by atoms with Crippen molar-refractivity contribution in [1.82, 2.24) is 0 Å². The van der Waals surface area contributed by atoms with Crippen LogP contribution in [0.4, 0.5) is 5.69 Å². The number of aliphatic hydroxyl groups is 1. The van der Waals surface area contributed by atoms with E-state index in [9.17, 15) is 5.11 Å². The zero-order valence-electron chi connectivity index (χ0n) is 9.63. The van der Waals surface area contributed by atoms with Gasteiger partial charge in [-0.2, -0.15) is 0 Å². The van der Waals surface area contributed by atoms with Crippen LogP contribution in [0, 0.1) is 0 Å². The van der Waals surface area contributed by atoms with Crippen LogP contribution in [0.25, 0.3) is 0 Å². The molecule has 3 nitrogen and oxygen atoms in total. The van der Waals surface area contributed by atoms with E-state index in [-0.39, 0.29) is 0 Å². The molecular formula is C14H15NO2. The van der Waals surface area contributed by atoms with Crippen molar-refractivity contribution < 1.29 is 9.84 Å². The van der Waals surface area contributed by atoms with E-state index in [0.29, 0.717) is 5.75 Å². The van der Waals surface area contributed by atoms with Gasteiger partial charge in [0, 0.05) is 5.56 Å². The lowest BCUT2D eigenvalue weighted by atomic mass is 10.2. The van der Waals surface area contributed by atoms with E-state index in [2.05, 4.69) is 5.32 Å². The van der Waals surface area contributed by atoms with Gasteiger partial charge in [0.1, 0.15) is 5.75 Å². The Hall–Kier alpha value is -2.00. The van der Waals surface area contributed by atoms with Crippen molar-refractivity contribution >= 4 is 5.69 Å². The molecule has 0 saturated heterocycles. The number of para-hydroxylation sites is 2. The molecule has 0 heterocycles. The molecule has 0 fully saturated rings. The first-order valence-corrected chi connectivity index (χ1v) is 5.44. The molecule has 0 aliphatic rings. The van der Waals surface area contributed by atoms with Crippen LogP contribution >= 0.6 is 0 Å². The first-order valence-electron chi connectivity index (χ1n) is 5.44. The van der Waals surface area contributed by atoms with Crippen LogP contribution in [0.15, 0.2) is 54.6 Å². The smallest absolute Gasteiger partial charge is 0.150 e. The average Bonchev–Trinajstić information content (AvgIpc) is 2.40. The van der Waals surface area contributed by atoms with Crippen LogP contribution in [0.5, 0.6) is 5.75 Å². The Morgan fingerprint density at radius 1 is 1.00 bits per heavy atom. The Kier molecular flexibility index (Phi) is 3.62. The number of nitrogens with one attached hydrogen (secondary N) is 1. The number of hydrogen-bond donors (Lipinski definition) is 2. The zero-order chi connectivity index (χ0) is 12.1. The minimum absolute atomic E-state index is 0.711. The number of anilines is 1. The fraction of sp³-hybridized carbons (Fsp3) is 0.143. The molecule has 0 aliphatic heterocycles. The van der Waals surface area contributed by atoms with Crippen LogP contribution in [0.3, 0.4) is 0 Å². The van der Waals surface area contributed by atoms with E-state index in [4.69, 9.17) is 4.74 Å². The quantitative estimate of drug-likeness (QED) is 0.792. The monoisotopic (exact) mass is 229 g/mol. The Morgan fingerprint density at radius 2 is 1.65 bits per heavy atom. The fourth-order valence-corrected chi connectivity index (χ4v) is 1.63. The summed E-state index contributed by atoms with van der Waals surface area (Å²) in [7, 11) is 1.61. The number of hydrogen-bond acceptors (Lipinski definition) is 3. The molecule has 0 aromatic heterocycles. The van der Waals surface area contributed by atoms with Gasteiger partial charge in [-0.1, -0.05) is 42.5 Å². The molecule has 2 N–H and O–H groups in total. The highest BCUT2D eigenvalue weighted by atomic mass is 16.5. The minimum atomic E-state index is -0.743. The van der Waals surface area contributed by atoms with Gasteiger partial charge in [-0.25, -0.2) is 0 Å². The summed E-state index contributed by atoms with van der Waals surface area (Å²) in [5.74, 6) is 0.711. The standard InChI is InChI=1S/C14H15NO2/c1-17-13-10-6-5-9-12(13)15-14(16)11-7-3-2-4-8-11/h2-10,14-16H,1H3. The maximum absolute atomic E-state index is 10.0. The lowest BCUT2D eigenvalue weighted by molar-refractivity contribution is 0.207. The van der Waals surface area contributed by atoms with Crippen molar-refractivity contribution in [3.8, 4) is 5.75 Å². The van der Waals surface area contributed by atoms with Crippen LogP contribution < -0.4 is 10.1 Å². The van der Waals surface area contributed by atoms with Crippen molar-refractivity contribution in [2.45, 2.75) is 6.23 Å². The molecule has 2 rings (SSSR count).